The highest BCUT2D eigenvalue weighted by molar-refractivity contribution is 6.09. The molecule has 2 aromatic rings. The Labute approximate surface area is 135 Å². The first-order chi connectivity index (χ1) is 11.0. The topological polar surface area (TPSA) is 88.6 Å². The summed E-state index contributed by atoms with van der Waals surface area (Å²) in [5, 5.41) is 2.84. The molecular formula is C17H21N3O3. The number of rotatable bonds is 6. The largest absolute Gasteiger partial charge is 0.459 e. The lowest BCUT2D eigenvalue weighted by Gasteiger charge is -2.20. The number of para-hydroxylation sites is 1. The molecule has 1 atom stereocenters. The minimum absolute atomic E-state index is 0.189. The molecule has 0 saturated carbocycles. The van der Waals surface area contributed by atoms with Gasteiger partial charge in [-0.3, -0.25) is 9.59 Å². The molecule has 1 aromatic heterocycles. The van der Waals surface area contributed by atoms with E-state index in [1.165, 1.54) is 11.2 Å². The SMILES string of the molecule is CC(CN)CNC(=O)c1ccccc1N(C)C(=O)c1ccco1. The van der Waals surface area contributed by atoms with E-state index in [0.29, 0.717) is 24.3 Å². The highest BCUT2D eigenvalue weighted by Gasteiger charge is 2.21. The molecule has 3 N–H and O–H groups in total. The van der Waals surface area contributed by atoms with Crippen molar-refractivity contribution in [3.63, 3.8) is 0 Å². The number of benzene rings is 1. The van der Waals surface area contributed by atoms with Gasteiger partial charge in [0.25, 0.3) is 11.8 Å². The van der Waals surface area contributed by atoms with Gasteiger partial charge in [0.1, 0.15) is 0 Å². The first kappa shape index (κ1) is 16.8. The molecule has 0 spiro atoms. The molecule has 2 amide bonds. The molecule has 122 valence electrons. The van der Waals surface area contributed by atoms with Crippen molar-refractivity contribution in [2.45, 2.75) is 6.92 Å². The molecule has 0 aliphatic heterocycles. The lowest BCUT2D eigenvalue weighted by atomic mass is 10.1. The van der Waals surface area contributed by atoms with Crippen LogP contribution in [0.3, 0.4) is 0 Å². The predicted molar refractivity (Wildman–Crippen MR) is 88.4 cm³/mol. The van der Waals surface area contributed by atoms with Crippen molar-refractivity contribution in [3.8, 4) is 0 Å². The van der Waals surface area contributed by atoms with Crippen LogP contribution in [0, 0.1) is 5.92 Å². The van der Waals surface area contributed by atoms with Crippen molar-refractivity contribution in [2.24, 2.45) is 11.7 Å². The monoisotopic (exact) mass is 315 g/mol. The Morgan fingerprint density at radius 1 is 1.26 bits per heavy atom. The zero-order valence-electron chi connectivity index (χ0n) is 13.3. The van der Waals surface area contributed by atoms with Crippen LogP contribution in [0.5, 0.6) is 0 Å². The van der Waals surface area contributed by atoms with Gasteiger partial charge in [-0.2, -0.15) is 0 Å². The summed E-state index contributed by atoms with van der Waals surface area (Å²) in [7, 11) is 1.61. The van der Waals surface area contributed by atoms with E-state index < -0.39 is 0 Å². The second-order valence-corrected chi connectivity index (χ2v) is 5.41. The lowest BCUT2D eigenvalue weighted by molar-refractivity contribution is 0.0948. The number of nitrogens with one attached hydrogen (secondary N) is 1. The fraction of sp³-hybridized carbons (Fsp3) is 0.294. The minimum Gasteiger partial charge on any atom is -0.459 e. The van der Waals surface area contributed by atoms with Crippen LogP contribution >= 0.6 is 0 Å². The standard InChI is InChI=1S/C17H21N3O3/c1-12(10-18)11-19-16(21)13-6-3-4-7-14(13)20(2)17(22)15-8-5-9-23-15/h3-9,12H,10-11,18H2,1-2H3,(H,19,21). The van der Waals surface area contributed by atoms with Crippen molar-refractivity contribution >= 4 is 17.5 Å². The number of carbonyl (C=O) groups excluding carboxylic acids is 2. The van der Waals surface area contributed by atoms with Crippen LogP contribution < -0.4 is 16.0 Å². The molecule has 6 heteroatoms. The summed E-state index contributed by atoms with van der Waals surface area (Å²) in [6.45, 7) is 2.94. The van der Waals surface area contributed by atoms with Gasteiger partial charge in [0.05, 0.1) is 17.5 Å². The van der Waals surface area contributed by atoms with Crippen molar-refractivity contribution in [3.05, 3.63) is 54.0 Å². The van der Waals surface area contributed by atoms with E-state index in [9.17, 15) is 9.59 Å². The van der Waals surface area contributed by atoms with Crippen LogP contribution in [0.1, 0.15) is 27.8 Å². The maximum Gasteiger partial charge on any atom is 0.293 e. The molecule has 0 aliphatic carbocycles. The van der Waals surface area contributed by atoms with E-state index in [4.69, 9.17) is 10.2 Å². The molecule has 0 radical (unpaired) electrons. The molecule has 2 rings (SSSR count). The highest BCUT2D eigenvalue weighted by atomic mass is 16.3. The number of anilines is 1. The lowest BCUT2D eigenvalue weighted by Crippen LogP contribution is -2.33. The van der Waals surface area contributed by atoms with E-state index in [1.807, 2.05) is 6.92 Å². The molecule has 0 aliphatic rings. The molecule has 6 nitrogen and oxygen atoms in total. The predicted octanol–water partition coefficient (Wildman–Crippen LogP) is 1.88. The smallest absolute Gasteiger partial charge is 0.293 e. The van der Waals surface area contributed by atoms with Crippen LogP contribution in [-0.4, -0.2) is 32.0 Å². The molecule has 0 saturated heterocycles. The van der Waals surface area contributed by atoms with Gasteiger partial charge < -0.3 is 20.4 Å². The Morgan fingerprint density at radius 3 is 2.65 bits per heavy atom. The first-order valence-electron chi connectivity index (χ1n) is 7.43. The summed E-state index contributed by atoms with van der Waals surface area (Å²) >= 11 is 0. The van der Waals surface area contributed by atoms with Gasteiger partial charge in [-0.1, -0.05) is 19.1 Å². The fourth-order valence-electron chi connectivity index (χ4n) is 2.08. The van der Waals surface area contributed by atoms with Gasteiger partial charge in [-0.15, -0.1) is 0 Å². The van der Waals surface area contributed by atoms with Gasteiger partial charge in [-0.25, -0.2) is 0 Å². The Bertz CT molecular complexity index is 667. The number of carbonyl (C=O) groups is 2. The molecule has 1 unspecified atom stereocenters. The summed E-state index contributed by atoms with van der Waals surface area (Å²) in [6.07, 6.45) is 1.44. The zero-order chi connectivity index (χ0) is 16.8. The maximum atomic E-state index is 12.4. The summed E-state index contributed by atoms with van der Waals surface area (Å²) in [5.41, 5.74) is 6.50. The van der Waals surface area contributed by atoms with Gasteiger partial charge in [-0.05, 0) is 36.7 Å². The molecule has 1 heterocycles. The minimum atomic E-state index is -0.314. The average molecular weight is 315 g/mol. The number of hydrogen-bond acceptors (Lipinski definition) is 4. The van der Waals surface area contributed by atoms with Crippen molar-refractivity contribution in [1.29, 1.82) is 0 Å². The summed E-state index contributed by atoms with van der Waals surface area (Å²) < 4.78 is 5.13. The van der Waals surface area contributed by atoms with E-state index in [-0.39, 0.29) is 23.5 Å². The van der Waals surface area contributed by atoms with Crippen LogP contribution in [-0.2, 0) is 0 Å². The third-order valence-corrected chi connectivity index (χ3v) is 3.56. The Morgan fingerprint density at radius 2 is 2.00 bits per heavy atom. The molecular weight excluding hydrogens is 294 g/mol. The van der Waals surface area contributed by atoms with E-state index in [1.54, 1.807) is 43.4 Å². The number of nitrogens with zero attached hydrogens (tertiary/aromatic N) is 1. The molecule has 1 aromatic carbocycles. The van der Waals surface area contributed by atoms with Crippen molar-refractivity contribution in [1.82, 2.24) is 5.32 Å². The Kier molecular flexibility index (Phi) is 5.54. The van der Waals surface area contributed by atoms with Crippen LogP contribution in [0.4, 0.5) is 5.69 Å². The fourth-order valence-corrected chi connectivity index (χ4v) is 2.08. The van der Waals surface area contributed by atoms with Crippen LogP contribution in [0.15, 0.2) is 47.1 Å². The van der Waals surface area contributed by atoms with E-state index in [0.717, 1.165) is 0 Å². The number of nitrogens with two attached hydrogens (primary N) is 1. The second-order valence-electron chi connectivity index (χ2n) is 5.41. The van der Waals surface area contributed by atoms with Gasteiger partial charge in [0.2, 0.25) is 0 Å². The summed E-state index contributed by atoms with van der Waals surface area (Å²) in [4.78, 5) is 26.2. The van der Waals surface area contributed by atoms with E-state index >= 15 is 0 Å². The zero-order valence-corrected chi connectivity index (χ0v) is 13.3. The second kappa shape index (κ2) is 7.60. The molecule has 0 bridgehead atoms. The molecule has 23 heavy (non-hydrogen) atoms. The third-order valence-electron chi connectivity index (χ3n) is 3.56. The highest BCUT2D eigenvalue weighted by Crippen LogP contribution is 2.21. The van der Waals surface area contributed by atoms with Crippen LogP contribution in [0.2, 0.25) is 0 Å². The normalized spacial score (nSPS) is 11.8. The van der Waals surface area contributed by atoms with Gasteiger partial charge in [0, 0.05) is 13.6 Å². The van der Waals surface area contributed by atoms with Crippen LogP contribution in [0.25, 0.3) is 0 Å². The molecule has 0 fully saturated rings. The van der Waals surface area contributed by atoms with E-state index in [2.05, 4.69) is 5.32 Å². The maximum absolute atomic E-state index is 12.4. The van der Waals surface area contributed by atoms with Crippen molar-refractivity contribution in [2.75, 3.05) is 25.0 Å². The first-order valence-corrected chi connectivity index (χ1v) is 7.43. The van der Waals surface area contributed by atoms with Gasteiger partial charge >= 0.3 is 0 Å². The number of amides is 2. The van der Waals surface area contributed by atoms with Crippen molar-refractivity contribution < 1.29 is 14.0 Å². The number of hydrogen-bond donors (Lipinski definition) is 2. The quantitative estimate of drug-likeness (QED) is 0.852. The number of furan rings is 1. The van der Waals surface area contributed by atoms with Gasteiger partial charge in [0.15, 0.2) is 5.76 Å². The summed E-state index contributed by atoms with van der Waals surface area (Å²) in [6, 6.07) is 10.2. The average Bonchev–Trinajstić information content (AvgIpc) is 3.12. The summed E-state index contributed by atoms with van der Waals surface area (Å²) in [5.74, 6) is -0.140. The Hall–Kier alpha value is -2.60. The third kappa shape index (κ3) is 3.98. The Balaban J connectivity index is 2.20.